The first-order valence-corrected chi connectivity index (χ1v) is 12.7. The number of rotatable bonds is 7. The number of nitrogens with one attached hydrogen (secondary N) is 1. The van der Waals surface area contributed by atoms with Gasteiger partial charge >= 0.3 is 6.18 Å². The van der Waals surface area contributed by atoms with Gasteiger partial charge in [-0.2, -0.15) is 13.2 Å². The molecule has 1 aliphatic rings. The average Bonchev–Trinajstić information content (AvgIpc) is 3.55. The molecule has 1 N–H and O–H groups in total. The first-order chi connectivity index (χ1) is 16.2. The molecule has 1 aromatic carbocycles. The van der Waals surface area contributed by atoms with Crippen molar-refractivity contribution in [3.8, 4) is 11.3 Å². The Labute approximate surface area is 200 Å². The standard InChI is InChI=1S/C24H26F5N3O2S/c1-23(2,3)13-32-12-17(20(21(25)26)31-35(33,34)14-8-9-14)15-10-11-19(30-22(15)32)16-6-4-5-7-18(16)24(27,28)29/h4-7,10-12,14,20-21,31H,8-9,13H2,1-3H3/t20-/m0/s1. The highest BCUT2D eigenvalue weighted by atomic mass is 32.2. The molecule has 1 saturated carbocycles. The van der Waals surface area contributed by atoms with Crippen LogP contribution in [-0.4, -0.2) is 29.6 Å². The maximum absolute atomic E-state index is 14.1. The van der Waals surface area contributed by atoms with E-state index < -0.39 is 39.5 Å². The third kappa shape index (κ3) is 5.50. The number of fused-ring (bicyclic) bond motifs is 1. The van der Waals surface area contributed by atoms with Gasteiger partial charge in [0.15, 0.2) is 0 Å². The summed E-state index contributed by atoms with van der Waals surface area (Å²) < 4.78 is 97.7. The van der Waals surface area contributed by atoms with Gasteiger partial charge in [0.25, 0.3) is 6.43 Å². The molecule has 0 spiro atoms. The summed E-state index contributed by atoms with van der Waals surface area (Å²) in [6, 6.07) is 5.98. The van der Waals surface area contributed by atoms with Crippen LogP contribution in [0, 0.1) is 5.41 Å². The summed E-state index contributed by atoms with van der Waals surface area (Å²) in [6.45, 7) is 6.08. The van der Waals surface area contributed by atoms with E-state index in [1.54, 1.807) is 4.57 Å². The van der Waals surface area contributed by atoms with Gasteiger partial charge < -0.3 is 4.57 Å². The zero-order valence-corrected chi connectivity index (χ0v) is 20.2. The van der Waals surface area contributed by atoms with Crippen molar-refractivity contribution in [2.24, 2.45) is 5.41 Å². The number of pyridine rings is 1. The van der Waals surface area contributed by atoms with Gasteiger partial charge in [0.2, 0.25) is 10.0 Å². The summed E-state index contributed by atoms with van der Waals surface area (Å²) in [5.41, 5.74) is -1.03. The lowest BCUT2D eigenvalue weighted by Gasteiger charge is -2.20. The first kappa shape index (κ1) is 25.6. The second kappa shape index (κ2) is 8.85. The van der Waals surface area contributed by atoms with Crippen molar-refractivity contribution in [3.63, 3.8) is 0 Å². The molecule has 0 saturated heterocycles. The summed E-state index contributed by atoms with van der Waals surface area (Å²) in [5, 5.41) is -0.429. The number of hydrogen-bond acceptors (Lipinski definition) is 3. The first-order valence-electron chi connectivity index (χ1n) is 11.1. The Morgan fingerprint density at radius 1 is 1.09 bits per heavy atom. The number of nitrogens with zero attached hydrogens (tertiary/aromatic N) is 2. The molecule has 0 aliphatic heterocycles. The number of hydrogen-bond donors (Lipinski definition) is 1. The molecular weight excluding hydrogens is 489 g/mol. The highest BCUT2D eigenvalue weighted by Crippen LogP contribution is 2.39. The van der Waals surface area contributed by atoms with Crippen LogP contribution in [0.25, 0.3) is 22.3 Å². The zero-order chi connectivity index (χ0) is 25.8. The van der Waals surface area contributed by atoms with E-state index in [0.717, 1.165) is 6.07 Å². The second-order valence-corrected chi connectivity index (χ2v) is 12.1. The van der Waals surface area contributed by atoms with Gasteiger partial charge in [0, 0.05) is 29.3 Å². The van der Waals surface area contributed by atoms with Crippen molar-refractivity contribution in [1.82, 2.24) is 14.3 Å². The van der Waals surface area contributed by atoms with Crippen LogP contribution in [0.2, 0.25) is 0 Å². The Morgan fingerprint density at radius 3 is 2.31 bits per heavy atom. The molecular formula is C24H26F5N3O2S. The lowest BCUT2D eigenvalue weighted by Crippen LogP contribution is -2.35. The van der Waals surface area contributed by atoms with Gasteiger partial charge in [-0.1, -0.05) is 39.0 Å². The maximum atomic E-state index is 14.1. The third-order valence-corrected chi connectivity index (χ3v) is 7.68. The predicted molar refractivity (Wildman–Crippen MR) is 123 cm³/mol. The SMILES string of the molecule is CC(C)(C)Cn1cc([C@H](NS(=O)(=O)C2CC2)C(F)F)c2ccc(-c3ccccc3C(F)(F)F)nc21. The Balaban J connectivity index is 1.88. The normalized spacial score (nSPS) is 16.3. The number of halogens is 5. The van der Waals surface area contributed by atoms with E-state index in [-0.39, 0.29) is 33.3 Å². The minimum atomic E-state index is -4.60. The Morgan fingerprint density at radius 2 is 1.74 bits per heavy atom. The molecule has 4 rings (SSSR count). The average molecular weight is 516 g/mol. The van der Waals surface area contributed by atoms with E-state index in [9.17, 15) is 30.4 Å². The van der Waals surface area contributed by atoms with Gasteiger partial charge in [-0.05, 0) is 36.5 Å². The fraction of sp³-hybridized carbons (Fsp3) is 0.458. The fourth-order valence-corrected chi connectivity index (χ4v) is 5.61. The Bertz CT molecular complexity index is 1340. The molecule has 0 unspecified atom stereocenters. The molecule has 2 aromatic heterocycles. The van der Waals surface area contributed by atoms with E-state index in [1.165, 1.54) is 36.5 Å². The predicted octanol–water partition coefficient (Wildman–Crippen LogP) is 6.16. The maximum Gasteiger partial charge on any atom is 0.417 e. The molecule has 35 heavy (non-hydrogen) atoms. The molecule has 1 fully saturated rings. The fourth-order valence-electron chi connectivity index (χ4n) is 4.08. The minimum absolute atomic E-state index is 0.0339. The van der Waals surface area contributed by atoms with Crippen molar-refractivity contribution >= 4 is 21.1 Å². The van der Waals surface area contributed by atoms with E-state index in [0.29, 0.717) is 19.4 Å². The Hall–Kier alpha value is -2.53. The molecule has 1 atom stereocenters. The van der Waals surface area contributed by atoms with E-state index >= 15 is 0 Å². The summed E-state index contributed by atoms with van der Waals surface area (Å²) in [7, 11) is -3.93. The molecule has 0 amide bonds. The van der Waals surface area contributed by atoms with Crippen molar-refractivity contribution in [2.45, 2.75) is 64.1 Å². The van der Waals surface area contributed by atoms with Crippen LogP contribution in [0.3, 0.4) is 0 Å². The van der Waals surface area contributed by atoms with Gasteiger partial charge in [0.05, 0.1) is 16.5 Å². The number of alkyl halides is 5. The third-order valence-electron chi connectivity index (χ3n) is 5.75. The minimum Gasteiger partial charge on any atom is -0.332 e. The highest BCUT2D eigenvalue weighted by Gasteiger charge is 2.40. The van der Waals surface area contributed by atoms with E-state index in [2.05, 4.69) is 9.71 Å². The highest BCUT2D eigenvalue weighted by molar-refractivity contribution is 7.90. The van der Waals surface area contributed by atoms with Crippen LogP contribution in [0.4, 0.5) is 22.0 Å². The molecule has 3 aromatic rings. The van der Waals surface area contributed by atoms with Crippen LogP contribution < -0.4 is 4.72 Å². The van der Waals surface area contributed by atoms with Gasteiger partial charge in [-0.3, -0.25) is 0 Å². The van der Waals surface area contributed by atoms with E-state index in [1.807, 2.05) is 20.8 Å². The summed E-state index contributed by atoms with van der Waals surface area (Å²) >= 11 is 0. The summed E-state index contributed by atoms with van der Waals surface area (Å²) in [5.74, 6) is 0. The summed E-state index contributed by atoms with van der Waals surface area (Å²) in [4.78, 5) is 4.45. The van der Waals surface area contributed by atoms with Crippen molar-refractivity contribution < 1.29 is 30.4 Å². The lowest BCUT2D eigenvalue weighted by atomic mass is 9.97. The lowest BCUT2D eigenvalue weighted by molar-refractivity contribution is -0.137. The molecule has 0 bridgehead atoms. The molecule has 5 nitrogen and oxygen atoms in total. The monoisotopic (exact) mass is 515 g/mol. The number of sulfonamides is 1. The molecule has 0 radical (unpaired) electrons. The van der Waals surface area contributed by atoms with Gasteiger partial charge in [0.1, 0.15) is 11.7 Å². The topological polar surface area (TPSA) is 64.0 Å². The van der Waals surface area contributed by atoms with Crippen LogP contribution in [0.15, 0.2) is 42.6 Å². The van der Waals surface area contributed by atoms with Crippen molar-refractivity contribution in [1.29, 1.82) is 0 Å². The second-order valence-electron chi connectivity index (χ2n) is 10.1. The zero-order valence-electron chi connectivity index (χ0n) is 19.4. The summed E-state index contributed by atoms with van der Waals surface area (Å²) in [6.07, 6.45) is -5.38. The molecule has 190 valence electrons. The van der Waals surface area contributed by atoms with E-state index in [4.69, 9.17) is 0 Å². The number of aromatic nitrogens is 2. The smallest absolute Gasteiger partial charge is 0.332 e. The largest absolute Gasteiger partial charge is 0.417 e. The molecule has 1 aliphatic carbocycles. The van der Waals surface area contributed by atoms with Crippen LogP contribution in [0.5, 0.6) is 0 Å². The quantitative estimate of drug-likeness (QED) is 0.384. The van der Waals surface area contributed by atoms with Crippen molar-refractivity contribution in [3.05, 3.63) is 53.7 Å². The van der Waals surface area contributed by atoms with Crippen molar-refractivity contribution in [2.75, 3.05) is 0 Å². The van der Waals surface area contributed by atoms with Gasteiger partial charge in [-0.15, -0.1) is 0 Å². The molecule has 11 heteroatoms. The molecule has 2 heterocycles. The van der Waals surface area contributed by atoms with Gasteiger partial charge in [-0.25, -0.2) is 26.9 Å². The Kier molecular flexibility index (Phi) is 6.46. The number of benzene rings is 1. The van der Waals surface area contributed by atoms with Crippen LogP contribution in [-0.2, 0) is 22.7 Å². The van der Waals surface area contributed by atoms with Crippen LogP contribution in [0.1, 0.15) is 50.8 Å². The van der Waals surface area contributed by atoms with Crippen LogP contribution >= 0.6 is 0 Å².